The molecule has 0 aliphatic carbocycles. The number of nitrogens with zero attached hydrogens (tertiary/aromatic N) is 6. The molecule has 0 saturated carbocycles. The number of imidazole rings is 2. The van der Waals surface area contributed by atoms with E-state index in [9.17, 15) is 0 Å². The van der Waals surface area contributed by atoms with Crippen LogP contribution in [0.25, 0.3) is 0 Å². The predicted octanol–water partition coefficient (Wildman–Crippen LogP) is 2.65. The molecule has 0 radical (unpaired) electrons. The molecule has 0 aliphatic rings. The van der Waals surface area contributed by atoms with Gasteiger partial charge >= 0.3 is 0 Å². The highest BCUT2D eigenvalue weighted by Crippen LogP contribution is 2.26. The summed E-state index contributed by atoms with van der Waals surface area (Å²) in [6.07, 6.45) is 10.7. The molecule has 1 aromatic carbocycles. The van der Waals surface area contributed by atoms with Gasteiger partial charge in [0.05, 0.1) is 23.8 Å². The highest BCUT2D eigenvalue weighted by atomic mass is 15.0. The maximum absolute atomic E-state index is 4.48. The average molecular weight is 292 g/mol. The lowest BCUT2D eigenvalue weighted by molar-refractivity contribution is 0.901. The molecule has 3 aromatic rings. The quantitative estimate of drug-likeness (QED) is 0.694. The van der Waals surface area contributed by atoms with E-state index in [0.29, 0.717) is 0 Å². The summed E-state index contributed by atoms with van der Waals surface area (Å²) in [7, 11) is 3.86. The maximum Gasteiger partial charge on any atom is 0.150 e. The largest absolute Gasteiger partial charge is 0.333 e. The molecule has 2 heterocycles. The predicted molar refractivity (Wildman–Crippen MR) is 87.4 cm³/mol. The third-order valence-corrected chi connectivity index (χ3v) is 3.24. The Morgan fingerprint density at radius 2 is 1.27 bits per heavy atom. The van der Waals surface area contributed by atoms with Crippen LogP contribution in [0.4, 0.5) is 11.4 Å². The standard InChI is InChI=1S/C16H16N6/c1-21-9-7-17-15(21)11-19-13-5-3-4-6-14(13)20-12-16-18-8-10-22(16)2/h3-12H,1-2H3. The van der Waals surface area contributed by atoms with Crippen LogP contribution in [0, 0.1) is 0 Å². The number of para-hydroxylation sites is 2. The average Bonchev–Trinajstić information content (AvgIpc) is 3.12. The third-order valence-electron chi connectivity index (χ3n) is 3.24. The molecule has 0 aliphatic heterocycles. The molecule has 0 spiro atoms. The van der Waals surface area contributed by atoms with E-state index in [4.69, 9.17) is 0 Å². The Bertz CT molecular complexity index is 755. The summed E-state index contributed by atoms with van der Waals surface area (Å²) < 4.78 is 3.81. The lowest BCUT2D eigenvalue weighted by Crippen LogP contribution is -1.95. The Balaban J connectivity index is 1.87. The van der Waals surface area contributed by atoms with Gasteiger partial charge in [-0.15, -0.1) is 0 Å². The maximum atomic E-state index is 4.48. The van der Waals surface area contributed by atoms with E-state index in [-0.39, 0.29) is 0 Å². The Labute approximate surface area is 128 Å². The van der Waals surface area contributed by atoms with Crippen LogP contribution in [-0.2, 0) is 14.1 Å². The first-order valence-electron chi connectivity index (χ1n) is 6.86. The van der Waals surface area contributed by atoms with Gasteiger partial charge in [-0.05, 0) is 12.1 Å². The van der Waals surface area contributed by atoms with E-state index < -0.39 is 0 Å². The molecular formula is C16H16N6. The van der Waals surface area contributed by atoms with Gasteiger partial charge < -0.3 is 9.13 Å². The Morgan fingerprint density at radius 3 is 1.64 bits per heavy atom. The summed E-state index contributed by atoms with van der Waals surface area (Å²) in [6.45, 7) is 0. The van der Waals surface area contributed by atoms with Gasteiger partial charge in [-0.1, -0.05) is 12.1 Å². The second kappa shape index (κ2) is 6.17. The fourth-order valence-electron chi connectivity index (χ4n) is 1.94. The van der Waals surface area contributed by atoms with Gasteiger partial charge in [-0.3, -0.25) is 9.98 Å². The molecule has 0 N–H and O–H groups in total. The second-order valence-electron chi connectivity index (χ2n) is 4.80. The van der Waals surface area contributed by atoms with Gasteiger partial charge in [0, 0.05) is 38.9 Å². The van der Waals surface area contributed by atoms with Crippen LogP contribution in [0.1, 0.15) is 11.6 Å². The highest BCUT2D eigenvalue weighted by Gasteiger charge is 2.00. The fraction of sp³-hybridized carbons (Fsp3) is 0.125. The van der Waals surface area contributed by atoms with Crippen molar-refractivity contribution >= 4 is 23.8 Å². The van der Waals surface area contributed by atoms with E-state index in [0.717, 1.165) is 23.0 Å². The number of aromatic nitrogens is 4. The summed E-state index contributed by atoms with van der Waals surface area (Å²) in [6, 6.07) is 7.71. The van der Waals surface area contributed by atoms with Crippen LogP contribution in [0.15, 0.2) is 59.0 Å². The van der Waals surface area contributed by atoms with Gasteiger partial charge in [0.25, 0.3) is 0 Å². The van der Waals surface area contributed by atoms with Crippen LogP contribution in [0.3, 0.4) is 0 Å². The molecule has 6 heteroatoms. The molecule has 3 rings (SSSR count). The summed E-state index contributed by atoms with van der Waals surface area (Å²) in [5, 5.41) is 0. The Hall–Kier alpha value is -3.02. The second-order valence-corrected chi connectivity index (χ2v) is 4.80. The normalized spacial score (nSPS) is 11.7. The molecule has 110 valence electrons. The van der Waals surface area contributed by atoms with Crippen molar-refractivity contribution in [2.45, 2.75) is 0 Å². The van der Waals surface area contributed by atoms with Crippen LogP contribution in [0.5, 0.6) is 0 Å². The molecular weight excluding hydrogens is 276 g/mol. The van der Waals surface area contributed by atoms with Crippen molar-refractivity contribution in [2.24, 2.45) is 24.1 Å². The van der Waals surface area contributed by atoms with Crippen molar-refractivity contribution < 1.29 is 0 Å². The highest BCUT2D eigenvalue weighted by molar-refractivity contribution is 5.83. The summed E-state index contributed by atoms with van der Waals surface area (Å²) in [5.74, 6) is 1.59. The molecule has 0 unspecified atom stereocenters. The van der Waals surface area contributed by atoms with Crippen molar-refractivity contribution in [1.82, 2.24) is 19.1 Å². The first kappa shape index (κ1) is 13.9. The molecule has 0 amide bonds. The van der Waals surface area contributed by atoms with Crippen molar-refractivity contribution in [3.05, 3.63) is 60.7 Å². The lowest BCUT2D eigenvalue weighted by atomic mass is 10.3. The van der Waals surface area contributed by atoms with Crippen LogP contribution < -0.4 is 0 Å². The van der Waals surface area contributed by atoms with E-state index >= 15 is 0 Å². The van der Waals surface area contributed by atoms with Crippen molar-refractivity contribution in [2.75, 3.05) is 0 Å². The Morgan fingerprint density at radius 1 is 0.818 bits per heavy atom. The van der Waals surface area contributed by atoms with Crippen molar-refractivity contribution in [3.63, 3.8) is 0 Å². The van der Waals surface area contributed by atoms with Crippen LogP contribution in [-0.4, -0.2) is 31.5 Å². The van der Waals surface area contributed by atoms with Crippen molar-refractivity contribution in [1.29, 1.82) is 0 Å². The number of aliphatic imine (C=N–C) groups is 2. The van der Waals surface area contributed by atoms with E-state index in [2.05, 4.69) is 20.0 Å². The van der Waals surface area contributed by atoms with Gasteiger partial charge in [0.2, 0.25) is 0 Å². The number of aryl methyl sites for hydroxylation is 2. The SMILES string of the molecule is Cn1ccnc1C=Nc1ccccc1N=Cc1nccn1C. The van der Waals surface area contributed by atoms with Crippen LogP contribution in [0.2, 0.25) is 0 Å². The third kappa shape index (κ3) is 3.01. The minimum Gasteiger partial charge on any atom is -0.333 e. The minimum atomic E-state index is 0.788. The summed E-state index contributed by atoms with van der Waals surface area (Å²) in [4.78, 5) is 17.4. The molecule has 22 heavy (non-hydrogen) atoms. The number of benzene rings is 1. The molecule has 0 saturated heterocycles. The minimum absolute atomic E-state index is 0.788. The van der Waals surface area contributed by atoms with Gasteiger partial charge in [0.15, 0.2) is 11.6 Å². The summed E-state index contributed by atoms with van der Waals surface area (Å²) in [5.41, 5.74) is 1.58. The van der Waals surface area contributed by atoms with Gasteiger partial charge in [-0.2, -0.15) is 0 Å². The number of rotatable bonds is 4. The molecule has 0 bridgehead atoms. The topological polar surface area (TPSA) is 60.4 Å². The van der Waals surface area contributed by atoms with E-state index in [1.165, 1.54) is 0 Å². The van der Waals surface area contributed by atoms with Crippen LogP contribution >= 0.6 is 0 Å². The zero-order chi connectivity index (χ0) is 15.4. The summed E-state index contributed by atoms with van der Waals surface area (Å²) >= 11 is 0. The fourth-order valence-corrected chi connectivity index (χ4v) is 1.94. The number of hydrogen-bond donors (Lipinski definition) is 0. The molecule has 0 fully saturated rings. The molecule has 0 atom stereocenters. The molecule has 6 nitrogen and oxygen atoms in total. The molecule has 2 aromatic heterocycles. The zero-order valence-corrected chi connectivity index (χ0v) is 12.5. The first-order chi connectivity index (χ1) is 10.7. The monoisotopic (exact) mass is 292 g/mol. The van der Waals surface area contributed by atoms with Crippen molar-refractivity contribution in [3.8, 4) is 0 Å². The Kier molecular flexibility index (Phi) is 3.91. The number of hydrogen-bond acceptors (Lipinski definition) is 4. The smallest absolute Gasteiger partial charge is 0.150 e. The zero-order valence-electron chi connectivity index (χ0n) is 12.5. The lowest BCUT2D eigenvalue weighted by Gasteiger charge is -2.00. The van der Waals surface area contributed by atoms with E-state index in [1.54, 1.807) is 24.8 Å². The van der Waals surface area contributed by atoms with Gasteiger partial charge in [0.1, 0.15) is 0 Å². The first-order valence-corrected chi connectivity index (χ1v) is 6.86. The van der Waals surface area contributed by atoms with Gasteiger partial charge in [-0.25, -0.2) is 9.97 Å². The van der Waals surface area contributed by atoms with E-state index in [1.807, 2.05) is 59.9 Å².